The van der Waals surface area contributed by atoms with Crippen LogP contribution in [-0.4, -0.2) is 25.8 Å². The van der Waals surface area contributed by atoms with E-state index in [1.165, 1.54) is 12.8 Å². The minimum atomic E-state index is 0.550. The van der Waals surface area contributed by atoms with Crippen molar-refractivity contribution in [3.63, 3.8) is 0 Å². The standard InChI is InChI=1S/C8H15NO/c1-6-3-8(5-10-2)4-7(8)9-6/h6-7,9H,3-5H2,1-2H3/t6-,7?,8-/m1/s1. The maximum absolute atomic E-state index is 5.18. The highest BCUT2D eigenvalue weighted by Gasteiger charge is 2.59. The fourth-order valence-electron chi connectivity index (χ4n) is 2.33. The second kappa shape index (κ2) is 1.95. The predicted octanol–water partition coefficient (Wildman–Crippen LogP) is 0.773. The van der Waals surface area contributed by atoms with Gasteiger partial charge >= 0.3 is 0 Å². The molecule has 1 unspecified atom stereocenters. The van der Waals surface area contributed by atoms with Gasteiger partial charge in [0.25, 0.3) is 0 Å². The van der Waals surface area contributed by atoms with E-state index in [4.69, 9.17) is 4.74 Å². The molecular weight excluding hydrogens is 126 g/mol. The van der Waals surface area contributed by atoms with Crippen LogP contribution in [0.5, 0.6) is 0 Å². The van der Waals surface area contributed by atoms with E-state index in [9.17, 15) is 0 Å². The van der Waals surface area contributed by atoms with Gasteiger partial charge < -0.3 is 10.1 Å². The van der Waals surface area contributed by atoms with Crippen molar-refractivity contribution in [3.8, 4) is 0 Å². The Kier molecular flexibility index (Phi) is 1.29. The zero-order valence-corrected chi connectivity index (χ0v) is 6.68. The van der Waals surface area contributed by atoms with Gasteiger partial charge in [-0.3, -0.25) is 0 Å². The van der Waals surface area contributed by atoms with Gasteiger partial charge in [0.1, 0.15) is 0 Å². The van der Waals surface area contributed by atoms with E-state index in [0.717, 1.165) is 12.6 Å². The van der Waals surface area contributed by atoms with E-state index >= 15 is 0 Å². The van der Waals surface area contributed by atoms with Crippen LogP contribution in [0.3, 0.4) is 0 Å². The molecule has 0 aromatic heterocycles. The Morgan fingerprint density at radius 3 is 2.90 bits per heavy atom. The van der Waals surface area contributed by atoms with E-state index in [1.54, 1.807) is 7.11 Å². The number of hydrogen-bond donors (Lipinski definition) is 1. The van der Waals surface area contributed by atoms with E-state index in [-0.39, 0.29) is 0 Å². The molecule has 2 fully saturated rings. The third-order valence-electron chi connectivity index (χ3n) is 2.82. The minimum Gasteiger partial charge on any atom is -0.384 e. The zero-order chi connectivity index (χ0) is 7.19. The van der Waals surface area contributed by atoms with Crippen LogP contribution >= 0.6 is 0 Å². The summed E-state index contributed by atoms with van der Waals surface area (Å²) in [5.74, 6) is 0. The molecule has 2 heteroatoms. The summed E-state index contributed by atoms with van der Waals surface area (Å²) in [4.78, 5) is 0. The van der Waals surface area contributed by atoms with Crippen molar-refractivity contribution in [1.82, 2.24) is 5.32 Å². The summed E-state index contributed by atoms with van der Waals surface area (Å²) in [5.41, 5.74) is 0.550. The smallest absolute Gasteiger partial charge is 0.0534 e. The zero-order valence-electron chi connectivity index (χ0n) is 6.68. The first-order valence-corrected chi connectivity index (χ1v) is 4.02. The highest BCUT2D eigenvalue weighted by atomic mass is 16.5. The molecule has 1 N–H and O–H groups in total. The molecule has 1 saturated heterocycles. The SMILES string of the molecule is COC[C@@]12CC1N[C@H](C)C2. The van der Waals surface area contributed by atoms with E-state index in [0.29, 0.717) is 11.5 Å². The second-order valence-electron chi connectivity index (χ2n) is 3.82. The average Bonchev–Trinajstić information content (AvgIpc) is 2.36. The summed E-state index contributed by atoms with van der Waals surface area (Å²) in [7, 11) is 1.80. The first-order valence-electron chi connectivity index (χ1n) is 4.02. The lowest BCUT2D eigenvalue weighted by atomic mass is 10.0. The fraction of sp³-hybridized carbons (Fsp3) is 1.00. The fourth-order valence-corrected chi connectivity index (χ4v) is 2.33. The molecule has 0 bridgehead atoms. The van der Waals surface area contributed by atoms with E-state index in [1.807, 2.05) is 0 Å². The van der Waals surface area contributed by atoms with Crippen molar-refractivity contribution in [2.45, 2.75) is 31.8 Å². The maximum atomic E-state index is 5.18. The van der Waals surface area contributed by atoms with Gasteiger partial charge in [0.05, 0.1) is 6.61 Å². The van der Waals surface area contributed by atoms with Crippen LogP contribution in [0, 0.1) is 5.41 Å². The molecule has 58 valence electrons. The van der Waals surface area contributed by atoms with Crippen molar-refractivity contribution in [3.05, 3.63) is 0 Å². The Morgan fingerprint density at radius 2 is 2.40 bits per heavy atom. The monoisotopic (exact) mass is 141 g/mol. The van der Waals surface area contributed by atoms with Crippen LogP contribution in [0.4, 0.5) is 0 Å². The molecule has 3 atom stereocenters. The van der Waals surface area contributed by atoms with Crippen LogP contribution in [0.15, 0.2) is 0 Å². The number of hydrogen-bond acceptors (Lipinski definition) is 2. The number of piperidine rings is 1. The Balaban J connectivity index is 1.95. The third-order valence-corrected chi connectivity index (χ3v) is 2.82. The molecule has 0 spiro atoms. The third kappa shape index (κ3) is 0.789. The lowest BCUT2D eigenvalue weighted by Crippen LogP contribution is -2.21. The molecule has 1 aliphatic heterocycles. The van der Waals surface area contributed by atoms with Crippen molar-refractivity contribution >= 4 is 0 Å². The van der Waals surface area contributed by atoms with Gasteiger partial charge in [-0.15, -0.1) is 0 Å². The molecule has 2 aliphatic rings. The maximum Gasteiger partial charge on any atom is 0.0534 e. The topological polar surface area (TPSA) is 21.3 Å². The Bertz CT molecular complexity index is 148. The average molecular weight is 141 g/mol. The van der Waals surface area contributed by atoms with Crippen molar-refractivity contribution in [1.29, 1.82) is 0 Å². The molecule has 2 rings (SSSR count). The highest BCUT2D eigenvalue weighted by Crippen LogP contribution is 2.54. The quantitative estimate of drug-likeness (QED) is 0.613. The minimum absolute atomic E-state index is 0.550. The Labute approximate surface area is 61.9 Å². The lowest BCUT2D eigenvalue weighted by Gasteiger charge is -2.10. The first-order chi connectivity index (χ1) is 4.77. The van der Waals surface area contributed by atoms with Gasteiger partial charge in [-0.1, -0.05) is 0 Å². The summed E-state index contributed by atoms with van der Waals surface area (Å²) in [6, 6.07) is 1.50. The number of nitrogens with one attached hydrogen (secondary N) is 1. The van der Waals surface area contributed by atoms with Crippen molar-refractivity contribution < 1.29 is 4.74 Å². The van der Waals surface area contributed by atoms with Gasteiger partial charge in [0, 0.05) is 24.6 Å². The summed E-state index contributed by atoms with van der Waals surface area (Å²) in [6.07, 6.45) is 2.65. The number of methoxy groups -OCH3 is 1. The van der Waals surface area contributed by atoms with Crippen LogP contribution < -0.4 is 5.32 Å². The first kappa shape index (κ1) is 6.62. The van der Waals surface area contributed by atoms with E-state index < -0.39 is 0 Å². The van der Waals surface area contributed by atoms with Crippen molar-refractivity contribution in [2.24, 2.45) is 5.41 Å². The van der Waals surface area contributed by atoms with Crippen LogP contribution in [0.2, 0.25) is 0 Å². The molecule has 0 aromatic rings. The van der Waals surface area contributed by atoms with E-state index in [2.05, 4.69) is 12.2 Å². The largest absolute Gasteiger partial charge is 0.384 e. The number of rotatable bonds is 2. The predicted molar refractivity (Wildman–Crippen MR) is 39.9 cm³/mol. The molecule has 0 aromatic carbocycles. The molecule has 0 amide bonds. The molecule has 10 heavy (non-hydrogen) atoms. The molecule has 1 aliphatic carbocycles. The van der Waals surface area contributed by atoms with Crippen LogP contribution in [0.1, 0.15) is 19.8 Å². The van der Waals surface area contributed by atoms with Gasteiger partial charge in [0.2, 0.25) is 0 Å². The molecule has 0 radical (unpaired) electrons. The Hall–Kier alpha value is -0.0800. The second-order valence-corrected chi connectivity index (χ2v) is 3.82. The molecular formula is C8H15NO. The molecule has 2 nitrogen and oxygen atoms in total. The lowest BCUT2D eigenvalue weighted by molar-refractivity contribution is 0.140. The summed E-state index contributed by atoms with van der Waals surface area (Å²) in [6.45, 7) is 3.21. The van der Waals surface area contributed by atoms with Gasteiger partial charge in [-0.2, -0.15) is 0 Å². The summed E-state index contributed by atoms with van der Waals surface area (Å²) in [5, 5.41) is 3.54. The number of ether oxygens (including phenoxy) is 1. The normalized spacial score (nSPS) is 51.0. The molecule has 1 saturated carbocycles. The van der Waals surface area contributed by atoms with Crippen molar-refractivity contribution in [2.75, 3.05) is 13.7 Å². The summed E-state index contributed by atoms with van der Waals surface area (Å²) >= 11 is 0. The van der Waals surface area contributed by atoms with Gasteiger partial charge in [-0.25, -0.2) is 0 Å². The van der Waals surface area contributed by atoms with Gasteiger partial charge in [0.15, 0.2) is 0 Å². The van der Waals surface area contributed by atoms with Gasteiger partial charge in [-0.05, 0) is 19.8 Å². The van der Waals surface area contributed by atoms with Crippen LogP contribution in [0.25, 0.3) is 0 Å². The summed E-state index contributed by atoms with van der Waals surface area (Å²) < 4.78 is 5.18. The Morgan fingerprint density at radius 1 is 1.60 bits per heavy atom. The number of fused-ring (bicyclic) bond motifs is 1. The van der Waals surface area contributed by atoms with Crippen LogP contribution in [-0.2, 0) is 4.74 Å². The molecule has 1 heterocycles. The highest BCUT2D eigenvalue weighted by molar-refractivity contribution is 5.14.